The molecule has 4 nitrogen and oxygen atoms in total. The summed E-state index contributed by atoms with van der Waals surface area (Å²) in [5, 5.41) is 10.2. The molecule has 4 heteroatoms. The van der Waals surface area contributed by atoms with Crippen molar-refractivity contribution < 1.29 is 19.4 Å². The summed E-state index contributed by atoms with van der Waals surface area (Å²) in [5.74, 6) is -0.613. The van der Waals surface area contributed by atoms with Crippen LogP contribution in [-0.2, 0) is 14.3 Å². The van der Waals surface area contributed by atoms with Crippen LogP contribution in [0.5, 0.6) is 0 Å². The van der Waals surface area contributed by atoms with Gasteiger partial charge in [0.15, 0.2) is 5.60 Å². The highest BCUT2D eigenvalue weighted by Crippen LogP contribution is 2.20. The highest BCUT2D eigenvalue weighted by atomic mass is 16.5. The maximum absolute atomic E-state index is 11.6. The van der Waals surface area contributed by atoms with E-state index in [0.29, 0.717) is 6.42 Å². The fourth-order valence-corrected chi connectivity index (χ4v) is 2.02. The third kappa shape index (κ3) is 8.14. The molecule has 0 radical (unpaired) electrons. The Hall–Kier alpha value is -1.39. The zero-order valence-corrected chi connectivity index (χ0v) is 15.2. The van der Waals surface area contributed by atoms with Gasteiger partial charge in [-0.1, -0.05) is 43.7 Å². The molecule has 0 amide bonds. The first-order valence-corrected chi connectivity index (χ1v) is 8.18. The van der Waals surface area contributed by atoms with Crippen LogP contribution in [0, 0.1) is 0 Å². The maximum atomic E-state index is 11.6. The molecule has 0 aromatic carbocycles. The first kappa shape index (κ1) is 21.6. The number of hydrogen-bond acceptors (Lipinski definition) is 4. The first-order valence-electron chi connectivity index (χ1n) is 8.18. The summed E-state index contributed by atoms with van der Waals surface area (Å²) in [6.45, 7) is 11.7. The van der Waals surface area contributed by atoms with Gasteiger partial charge in [0, 0.05) is 6.42 Å². The SMILES string of the molecule is C=CC/C=C(\C=C/C(C)(C)OCCC(O)(CC)C(=O)OC)CC. The van der Waals surface area contributed by atoms with Gasteiger partial charge in [0.2, 0.25) is 0 Å². The van der Waals surface area contributed by atoms with Crippen LogP contribution in [0.25, 0.3) is 0 Å². The zero-order valence-electron chi connectivity index (χ0n) is 15.2. The van der Waals surface area contributed by atoms with Crippen LogP contribution in [0.1, 0.15) is 53.4 Å². The second-order valence-corrected chi connectivity index (χ2v) is 6.07. The summed E-state index contributed by atoms with van der Waals surface area (Å²) in [7, 11) is 1.28. The van der Waals surface area contributed by atoms with Crippen molar-refractivity contribution in [3.05, 3.63) is 36.5 Å². The van der Waals surface area contributed by atoms with Crippen LogP contribution in [0.4, 0.5) is 0 Å². The molecular weight excluding hydrogens is 292 g/mol. The highest BCUT2D eigenvalue weighted by Gasteiger charge is 2.35. The van der Waals surface area contributed by atoms with Crippen LogP contribution in [0.2, 0.25) is 0 Å². The van der Waals surface area contributed by atoms with Crippen molar-refractivity contribution in [3.8, 4) is 0 Å². The van der Waals surface area contributed by atoms with Crippen LogP contribution < -0.4 is 0 Å². The maximum Gasteiger partial charge on any atom is 0.337 e. The number of aliphatic hydroxyl groups is 1. The Morgan fingerprint density at radius 2 is 1.96 bits per heavy atom. The van der Waals surface area contributed by atoms with Crippen molar-refractivity contribution in [2.75, 3.05) is 13.7 Å². The van der Waals surface area contributed by atoms with E-state index in [1.807, 2.05) is 26.0 Å². The van der Waals surface area contributed by atoms with E-state index in [1.54, 1.807) is 6.92 Å². The largest absolute Gasteiger partial charge is 0.467 e. The Morgan fingerprint density at radius 1 is 1.30 bits per heavy atom. The average Bonchev–Trinajstić information content (AvgIpc) is 2.53. The molecule has 0 saturated heterocycles. The van der Waals surface area contributed by atoms with Gasteiger partial charge in [0.1, 0.15) is 0 Å². The lowest BCUT2D eigenvalue weighted by Crippen LogP contribution is -2.40. The second-order valence-electron chi connectivity index (χ2n) is 6.07. The van der Waals surface area contributed by atoms with Gasteiger partial charge in [-0.15, -0.1) is 6.58 Å². The Bertz CT molecular complexity index is 435. The number of allylic oxidation sites excluding steroid dienone is 4. The molecule has 0 aliphatic carbocycles. The van der Waals surface area contributed by atoms with E-state index in [1.165, 1.54) is 12.7 Å². The van der Waals surface area contributed by atoms with Crippen molar-refractivity contribution in [3.63, 3.8) is 0 Å². The van der Waals surface area contributed by atoms with Crippen molar-refractivity contribution in [1.82, 2.24) is 0 Å². The van der Waals surface area contributed by atoms with E-state index < -0.39 is 17.2 Å². The predicted octanol–water partition coefficient (Wildman–Crippen LogP) is 3.95. The Kier molecular flexibility index (Phi) is 9.77. The molecule has 0 heterocycles. The van der Waals surface area contributed by atoms with Crippen LogP contribution >= 0.6 is 0 Å². The summed E-state index contributed by atoms with van der Waals surface area (Å²) < 4.78 is 10.5. The van der Waals surface area contributed by atoms with Gasteiger partial charge in [-0.3, -0.25) is 0 Å². The van der Waals surface area contributed by atoms with Crippen LogP contribution in [0.3, 0.4) is 0 Å². The number of carbonyl (C=O) groups is 1. The molecule has 0 bridgehead atoms. The smallest absolute Gasteiger partial charge is 0.337 e. The predicted molar refractivity (Wildman–Crippen MR) is 94.2 cm³/mol. The average molecular weight is 324 g/mol. The molecular formula is C19H32O4. The highest BCUT2D eigenvalue weighted by molar-refractivity contribution is 5.78. The lowest BCUT2D eigenvalue weighted by molar-refractivity contribution is -0.165. The number of carbonyl (C=O) groups excluding carboxylic acids is 1. The zero-order chi connectivity index (χ0) is 17.9. The number of rotatable bonds is 11. The first-order chi connectivity index (χ1) is 10.7. The molecule has 0 aromatic heterocycles. The van der Waals surface area contributed by atoms with Crippen molar-refractivity contribution in [2.24, 2.45) is 0 Å². The number of ether oxygens (including phenoxy) is 2. The van der Waals surface area contributed by atoms with Gasteiger partial charge >= 0.3 is 5.97 Å². The summed E-state index contributed by atoms with van der Waals surface area (Å²) >= 11 is 0. The van der Waals surface area contributed by atoms with Gasteiger partial charge < -0.3 is 14.6 Å². The minimum atomic E-state index is -1.48. The minimum absolute atomic E-state index is 0.209. The second kappa shape index (κ2) is 10.4. The van der Waals surface area contributed by atoms with Crippen LogP contribution in [-0.4, -0.2) is 36.0 Å². The topological polar surface area (TPSA) is 55.8 Å². The van der Waals surface area contributed by atoms with Gasteiger partial charge in [-0.25, -0.2) is 4.79 Å². The van der Waals surface area contributed by atoms with Crippen molar-refractivity contribution in [1.29, 1.82) is 0 Å². The molecule has 1 N–H and O–H groups in total. The molecule has 0 rings (SSSR count). The summed E-state index contributed by atoms with van der Waals surface area (Å²) in [6.07, 6.45) is 10.3. The molecule has 1 unspecified atom stereocenters. The molecule has 132 valence electrons. The fourth-order valence-electron chi connectivity index (χ4n) is 2.02. The molecule has 0 spiro atoms. The van der Waals surface area contributed by atoms with Gasteiger partial charge in [-0.2, -0.15) is 0 Å². The Labute approximate surface area is 140 Å². The summed E-state index contributed by atoms with van der Waals surface area (Å²) in [5.41, 5.74) is -0.735. The lowest BCUT2D eigenvalue weighted by atomic mass is 9.97. The number of hydrogen-bond donors (Lipinski definition) is 1. The van der Waals surface area contributed by atoms with Crippen molar-refractivity contribution in [2.45, 2.75) is 64.6 Å². The third-order valence-corrected chi connectivity index (χ3v) is 3.79. The molecule has 1 atom stereocenters. The van der Waals surface area contributed by atoms with Gasteiger partial charge in [-0.05, 0) is 33.1 Å². The van der Waals surface area contributed by atoms with E-state index >= 15 is 0 Å². The monoisotopic (exact) mass is 324 g/mol. The molecule has 0 saturated carbocycles. The van der Waals surface area contributed by atoms with E-state index in [2.05, 4.69) is 30.4 Å². The third-order valence-electron chi connectivity index (χ3n) is 3.79. The van der Waals surface area contributed by atoms with Gasteiger partial charge in [0.25, 0.3) is 0 Å². The van der Waals surface area contributed by atoms with Crippen molar-refractivity contribution >= 4 is 5.97 Å². The van der Waals surface area contributed by atoms with E-state index in [9.17, 15) is 9.90 Å². The van der Waals surface area contributed by atoms with Crippen LogP contribution in [0.15, 0.2) is 36.5 Å². The Balaban J connectivity index is 4.63. The lowest BCUT2D eigenvalue weighted by Gasteiger charge is -2.27. The normalized spacial score (nSPS) is 15.5. The van der Waals surface area contributed by atoms with E-state index in [0.717, 1.165) is 12.8 Å². The quantitative estimate of drug-likeness (QED) is 0.355. The fraction of sp³-hybridized carbons (Fsp3) is 0.632. The summed E-state index contributed by atoms with van der Waals surface area (Å²) in [4.78, 5) is 11.6. The minimum Gasteiger partial charge on any atom is -0.467 e. The molecule has 0 aromatic rings. The number of esters is 1. The Morgan fingerprint density at radius 3 is 2.43 bits per heavy atom. The van der Waals surface area contributed by atoms with E-state index in [4.69, 9.17) is 4.74 Å². The van der Waals surface area contributed by atoms with Gasteiger partial charge in [0.05, 0.1) is 19.3 Å². The molecule has 0 aliphatic heterocycles. The molecule has 0 aliphatic rings. The molecule has 0 fully saturated rings. The standard InChI is InChI=1S/C19H32O4/c1-7-10-11-16(8-2)12-13-18(4,5)23-15-14-19(21,9-3)17(20)22-6/h7,11-13,21H,1,8-10,14-15H2,2-6H3/b13-12-,16-11-. The molecule has 23 heavy (non-hydrogen) atoms. The van der Waals surface area contributed by atoms with E-state index in [-0.39, 0.29) is 13.0 Å². The summed E-state index contributed by atoms with van der Waals surface area (Å²) in [6, 6.07) is 0. The number of methoxy groups -OCH3 is 1.